The van der Waals surface area contributed by atoms with Gasteiger partial charge in [-0.1, -0.05) is 244 Å². The molecule has 0 fully saturated rings. The summed E-state index contributed by atoms with van der Waals surface area (Å²) in [5.74, 6) is 4.94. The van der Waals surface area contributed by atoms with E-state index in [0.29, 0.717) is 60.6 Å². The van der Waals surface area contributed by atoms with Gasteiger partial charge in [-0.25, -0.2) is 0 Å². The molecule has 0 radical (unpaired) electrons. The van der Waals surface area contributed by atoms with E-state index in [-0.39, 0.29) is 29.7 Å². The van der Waals surface area contributed by atoms with Crippen molar-refractivity contribution in [2.24, 2.45) is 0 Å². The van der Waals surface area contributed by atoms with E-state index in [9.17, 15) is 0 Å². The number of quaternary nitrogens is 4. The molecule has 0 aliphatic carbocycles. The summed E-state index contributed by atoms with van der Waals surface area (Å²) in [6.07, 6.45) is 18.5. The average molecular weight is 1400 g/mol. The van der Waals surface area contributed by atoms with Crippen LogP contribution in [0.5, 0.6) is 0 Å². The molecule has 0 aromatic heterocycles. The fourth-order valence-corrected chi connectivity index (χ4v) is 12.5. The smallest absolute Gasteiger partial charge is 0.102 e. The molecular weight excluding hydrogens is 1230 g/mol. The number of benzene rings is 6. The Balaban J connectivity index is -0.000000657. The number of hydrogen-bond donors (Lipinski definition) is 2. The number of aliphatic hydroxyl groups is 2. The van der Waals surface area contributed by atoms with Crippen LogP contribution in [-0.4, -0.2) is 151 Å². The first-order chi connectivity index (χ1) is 46.0. The predicted octanol–water partition coefficient (Wildman–Crippen LogP) is 24.8. The summed E-state index contributed by atoms with van der Waals surface area (Å²) >= 11 is 0. The van der Waals surface area contributed by atoms with Gasteiger partial charge in [0.05, 0.1) is 110 Å². The number of hydrogen-bond acceptors (Lipinski definition) is 2. The summed E-state index contributed by atoms with van der Waals surface area (Å²) in [4.78, 5) is 0. The lowest BCUT2D eigenvalue weighted by Crippen LogP contribution is -2.41. The van der Waals surface area contributed by atoms with Crippen LogP contribution in [0.2, 0.25) is 0 Å². The molecule has 6 nitrogen and oxygen atoms in total. The molecule has 0 bridgehead atoms. The highest BCUT2D eigenvalue weighted by molar-refractivity contribution is 5.33. The maximum Gasteiger partial charge on any atom is 0.102 e. The summed E-state index contributed by atoms with van der Waals surface area (Å²) in [7, 11) is 21.5. The Labute approximate surface area is 631 Å². The first-order valence-electron chi connectivity index (χ1n) is 38.9. The summed E-state index contributed by atoms with van der Waals surface area (Å²) in [5.41, 5.74) is 14.8. The minimum atomic E-state index is 0. The van der Waals surface area contributed by atoms with Crippen LogP contribution in [0, 0.1) is 43.6 Å². The van der Waals surface area contributed by atoms with Gasteiger partial charge in [0.15, 0.2) is 0 Å². The van der Waals surface area contributed by atoms with Crippen LogP contribution >= 0.6 is 0 Å². The highest BCUT2D eigenvalue weighted by Crippen LogP contribution is 2.43. The third kappa shape index (κ3) is 43.2. The van der Waals surface area contributed by atoms with E-state index in [1.165, 1.54) is 165 Å². The summed E-state index contributed by atoms with van der Waals surface area (Å²) in [6.45, 7) is 38.5. The maximum atomic E-state index is 8.52. The largest absolute Gasteiger partial charge is 0.391 e. The molecule has 6 aromatic carbocycles. The molecule has 2 N–H and O–H groups in total. The monoisotopic (exact) mass is 1400 g/mol. The van der Waals surface area contributed by atoms with Gasteiger partial charge in [-0.05, 0) is 210 Å². The van der Waals surface area contributed by atoms with Crippen LogP contribution in [-0.2, 0) is 0 Å². The van der Waals surface area contributed by atoms with E-state index in [1.807, 2.05) is 0 Å². The second kappa shape index (κ2) is 56.5. The van der Waals surface area contributed by atoms with Crippen molar-refractivity contribution in [1.82, 2.24) is 0 Å². The van der Waals surface area contributed by atoms with Gasteiger partial charge in [-0.15, -0.1) is 0 Å². The van der Waals surface area contributed by atoms with Crippen molar-refractivity contribution in [3.05, 3.63) is 243 Å². The fourth-order valence-electron chi connectivity index (χ4n) is 12.5. The quantitative estimate of drug-likeness (QED) is 0.0308. The van der Waals surface area contributed by atoms with Crippen molar-refractivity contribution in [2.75, 3.05) is 123 Å². The number of aryl methyl sites for hydroxylation is 2. The zero-order valence-corrected chi connectivity index (χ0v) is 71.6. The van der Waals surface area contributed by atoms with Crippen LogP contribution in [0.4, 0.5) is 0 Å². The van der Waals surface area contributed by atoms with Crippen LogP contribution in [0.3, 0.4) is 0 Å². The lowest BCUT2D eigenvalue weighted by molar-refractivity contribution is -0.888. The third-order valence-corrected chi connectivity index (χ3v) is 21.1. The Hall–Kier alpha value is -4.92. The van der Waals surface area contributed by atoms with Crippen molar-refractivity contribution in [2.45, 2.75) is 241 Å². The van der Waals surface area contributed by atoms with Crippen molar-refractivity contribution < 1.29 is 28.1 Å². The summed E-state index contributed by atoms with van der Waals surface area (Å²) < 4.78 is 3.97. The van der Waals surface area contributed by atoms with E-state index in [2.05, 4.69) is 325 Å². The van der Waals surface area contributed by atoms with Gasteiger partial charge in [0.1, 0.15) is 13.1 Å². The van der Waals surface area contributed by atoms with Gasteiger partial charge in [-0.3, -0.25) is 0 Å². The van der Waals surface area contributed by atoms with Gasteiger partial charge in [0.2, 0.25) is 0 Å². The Morgan fingerprint density at radius 1 is 0.257 bits per heavy atom. The molecular formula is C95H166N4O2. The van der Waals surface area contributed by atoms with Crippen molar-refractivity contribution in [1.29, 1.82) is 0 Å². The standard InChI is InChI=1S/C35H48.C34H46.2C6H16NO.2C5H14N.4CH3/c1-6-13-28(8-3)31-21-23-33(24-22-31)35(25-29(9-4)30-15-11-10-12-16-30)26-34(14-7-2)32-19-17-27(5)18-20-32;1-6-13-27(7-2)31-20-22-33(23-21-31)34(24-28(8-3)30-14-11-10-12-15-30)25-29(9-4)32-18-16-26(5)17-19-32;2*1-4-7(2,3)5-6-8;2*1-5-6(2,3)4;;;;/h10-12,15-24,28-29,34-35H,6-9,13-14,25-26H2,1-5H3;10-12,14-23,27-29,34H,6-9,13,24-25H2,1-5H3;2*8H,4-6H2,1-3H3;2*5H2,1-4H3;4*1H3/q;;4*+1;4*-1. The zero-order valence-electron chi connectivity index (χ0n) is 71.6. The molecule has 0 aliphatic rings. The molecule has 6 rings (SSSR count). The van der Waals surface area contributed by atoms with Crippen LogP contribution in [0.1, 0.15) is 282 Å². The van der Waals surface area contributed by atoms with Crippen LogP contribution < -0.4 is 0 Å². The minimum absolute atomic E-state index is 0. The summed E-state index contributed by atoms with van der Waals surface area (Å²) in [5, 5.41) is 17.0. The first kappa shape index (κ1) is 102. The predicted molar refractivity (Wildman–Crippen MR) is 457 cm³/mol. The molecule has 0 heterocycles. The van der Waals surface area contributed by atoms with E-state index in [0.717, 1.165) is 44.1 Å². The van der Waals surface area contributed by atoms with E-state index < -0.39 is 0 Å². The SMILES string of the molecule is CCCC(CC)c1ccc(C(CC(CC)c2ccccc2)CC(CC)c2ccc(C)cc2)cc1.CCCC(CC)c1ccc(C(CC(CC)c2ccccc2)CC(CCC)c2ccc(C)cc2)cc1.CC[N+](C)(C)C.CC[N+](C)(C)C.CC[N+](C)(C)CCO.CC[N+](C)(C)CCO.[CH3-].[CH3-].[CH3-].[CH3-]. The molecule has 0 amide bonds. The molecule has 578 valence electrons. The van der Waals surface area contributed by atoms with E-state index in [1.54, 1.807) is 0 Å². The van der Waals surface area contributed by atoms with Gasteiger partial charge in [0.25, 0.3) is 0 Å². The van der Waals surface area contributed by atoms with E-state index >= 15 is 0 Å². The van der Waals surface area contributed by atoms with Crippen LogP contribution in [0.15, 0.2) is 158 Å². The molecule has 101 heavy (non-hydrogen) atoms. The first-order valence-corrected chi connectivity index (χ1v) is 38.9. The Bertz CT molecular complexity index is 2760. The van der Waals surface area contributed by atoms with Crippen molar-refractivity contribution in [3.63, 3.8) is 0 Å². The third-order valence-electron chi connectivity index (χ3n) is 21.1. The molecule has 0 saturated carbocycles. The number of nitrogens with zero attached hydrogens (tertiary/aromatic N) is 4. The Morgan fingerprint density at radius 3 is 0.663 bits per heavy atom. The Morgan fingerprint density at radius 2 is 0.455 bits per heavy atom. The Kier molecular flexibility index (Phi) is 57.3. The zero-order chi connectivity index (χ0) is 73.0. The van der Waals surface area contributed by atoms with Gasteiger partial charge in [-0.2, -0.15) is 0 Å². The molecule has 0 aliphatic heterocycles. The number of aliphatic hydroxyl groups excluding tert-OH is 2. The lowest BCUT2D eigenvalue weighted by atomic mass is 9.76. The molecule has 6 heteroatoms. The molecule has 0 saturated heterocycles. The van der Waals surface area contributed by atoms with E-state index in [4.69, 9.17) is 10.2 Å². The normalized spacial score (nSPS) is 13.5. The topological polar surface area (TPSA) is 40.5 Å². The molecule has 8 atom stereocenters. The number of likely N-dealkylation sites (N-methyl/N-ethyl adjacent to an activating group) is 2. The summed E-state index contributed by atoms with van der Waals surface area (Å²) in [6, 6.07) is 60.6. The lowest BCUT2D eigenvalue weighted by Gasteiger charge is -2.28. The van der Waals surface area contributed by atoms with Crippen molar-refractivity contribution >= 4 is 0 Å². The molecule has 8 unspecified atom stereocenters. The highest BCUT2D eigenvalue weighted by Gasteiger charge is 2.26. The van der Waals surface area contributed by atoms with Gasteiger partial charge >= 0.3 is 0 Å². The fraction of sp³-hybridized carbons (Fsp3) is 0.579. The molecule has 0 spiro atoms. The minimum Gasteiger partial charge on any atom is -0.391 e. The number of rotatable bonds is 35. The van der Waals surface area contributed by atoms with Gasteiger partial charge < -0.3 is 57.9 Å². The maximum absolute atomic E-state index is 8.52. The second-order valence-corrected chi connectivity index (χ2v) is 31.5. The highest BCUT2D eigenvalue weighted by atomic mass is 16.3. The average Bonchev–Trinajstić information content (AvgIpc) is 0.834. The molecule has 6 aromatic rings. The van der Waals surface area contributed by atoms with Gasteiger partial charge in [0, 0.05) is 0 Å². The van der Waals surface area contributed by atoms with Crippen molar-refractivity contribution in [3.8, 4) is 0 Å². The van der Waals surface area contributed by atoms with Crippen LogP contribution in [0.25, 0.3) is 0 Å². The second-order valence-electron chi connectivity index (χ2n) is 31.5.